The normalized spacial score (nSPS) is 40.8. The van der Waals surface area contributed by atoms with Crippen LogP contribution in [-0.4, -0.2) is 37.2 Å². The SMILES string of the molecule is NC1(CC2CCC3(CCCCC3)O2)CCS(=O)(=O)C1. The third kappa shape index (κ3) is 2.98. The highest BCUT2D eigenvalue weighted by Crippen LogP contribution is 2.44. The van der Waals surface area contributed by atoms with Gasteiger partial charge in [-0.25, -0.2) is 8.42 Å². The van der Waals surface area contributed by atoms with Gasteiger partial charge in [0.2, 0.25) is 0 Å². The van der Waals surface area contributed by atoms with Crippen molar-refractivity contribution in [3.8, 4) is 0 Å². The van der Waals surface area contributed by atoms with E-state index < -0.39 is 15.4 Å². The van der Waals surface area contributed by atoms with E-state index in [1.165, 1.54) is 32.1 Å². The molecular weight excluding hydrogens is 262 g/mol. The highest BCUT2D eigenvalue weighted by molar-refractivity contribution is 7.91. The summed E-state index contributed by atoms with van der Waals surface area (Å²) in [6.07, 6.45) is 9.92. The Labute approximate surface area is 116 Å². The van der Waals surface area contributed by atoms with E-state index in [2.05, 4.69) is 0 Å². The highest BCUT2D eigenvalue weighted by Gasteiger charge is 2.46. The van der Waals surface area contributed by atoms with Crippen LogP contribution in [0, 0.1) is 0 Å². The van der Waals surface area contributed by atoms with Crippen molar-refractivity contribution >= 4 is 9.84 Å². The van der Waals surface area contributed by atoms with Crippen LogP contribution in [0.3, 0.4) is 0 Å². The maximum absolute atomic E-state index is 11.6. The molecule has 0 aromatic rings. The van der Waals surface area contributed by atoms with E-state index in [0.29, 0.717) is 12.8 Å². The van der Waals surface area contributed by atoms with Crippen LogP contribution in [0.1, 0.15) is 57.8 Å². The Morgan fingerprint density at radius 2 is 1.84 bits per heavy atom. The van der Waals surface area contributed by atoms with Crippen molar-refractivity contribution in [2.75, 3.05) is 11.5 Å². The molecule has 3 aliphatic rings. The van der Waals surface area contributed by atoms with Crippen LogP contribution in [0.2, 0.25) is 0 Å². The number of hydrogen-bond acceptors (Lipinski definition) is 4. The zero-order valence-corrected chi connectivity index (χ0v) is 12.4. The molecule has 4 nitrogen and oxygen atoms in total. The summed E-state index contributed by atoms with van der Waals surface area (Å²) in [7, 11) is -2.91. The van der Waals surface area contributed by atoms with Crippen molar-refractivity contribution in [2.45, 2.75) is 75.0 Å². The number of hydrogen-bond donors (Lipinski definition) is 1. The van der Waals surface area contributed by atoms with Gasteiger partial charge in [-0.2, -0.15) is 0 Å². The minimum Gasteiger partial charge on any atom is -0.372 e. The molecule has 0 bridgehead atoms. The number of sulfone groups is 1. The molecule has 2 aliphatic heterocycles. The van der Waals surface area contributed by atoms with Crippen LogP contribution in [0.15, 0.2) is 0 Å². The van der Waals surface area contributed by atoms with Gasteiger partial charge in [0.1, 0.15) is 0 Å². The molecule has 19 heavy (non-hydrogen) atoms. The van der Waals surface area contributed by atoms with Gasteiger partial charge in [0, 0.05) is 5.54 Å². The second-order valence-corrected chi connectivity index (χ2v) is 9.11. The van der Waals surface area contributed by atoms with Gasteiger partial charge in [0.25, 0.3) is 0 Å². The monoisotopic (exact) mass is 287 g/mol. The zero-order chi connectivity index (χ0) is 13.6. The molecule has 1 spiro atoms. The van der Waals surface area contributed by atoms with Gasteiger partial charge in [-0.1, -0.05) is 19.3 Å². The van der Waals surface area contributed by atoms with Crippen molar-refractivity contribution in [2.24, 2.45) is 5.73 Å². The van der Waals surface area contributed by atoms with Crippen molar-refractivity contribution in [1.82, 2.24) is 0 Å². The molecule has 0 aromatic heterocycles. The molecular formula is C14H25NO3S. The molecule has 2 saturated heterocycles. The van der Waals surface area contributed by atoms with Crippen molar-refractivity contribution in [3.05, 3.63) is 0 Å². The summed E-state index contributed by atoms with van der Waals surface area (Å²) in [5.41, 5.74) is 5.84. The van der Waals surface area contributed by atoms with Crippen LogP contribution in [0.25, 0.3) is 0 Å². The summed E-state index contributed by atoms with van der Waals surface area (Å²) >= 11 is 0. The van der Waals surface area contributed by atoms with E-state index >= 15 is 0 Å². The molecule has 1 saturated carbocycles. The maximum Gasteiger partial charge on any atom is 0.152 e. The quantitative estimate of drug-likeness (QED) is 0.840. The van der Waals surface area contributed by atoms with Gasteiger partial charge in [0.05, 0.1) is 23.2 Å². The average Bonchev–Trinajstić information content (AvgIpc) is 2.82. The maximum atomic E-state index is 11.6. The van der Waals surface area contributed by atoms with E-state index in [-0.39, 0.29) is 23.2 Å². The Hall–Kier alpha value is -0.130. The lowest BCUT2D eigenvalue weighted by Gasteiger charge is -2.34. The minimum atomic E-state index is -2.91. The number of ether oxygens (including phenoxy) is 1. The summed E-state index contributed by atoms with van der Waals surface area (Å²) in [6, 6.07) is 0. The Morgan fingerprint density at radius 1 is 1.11 bits per heavy atom. The second kappa shape index (κ2) is 4.71. The van der Waals surface area contributed by atoms with Crippen molar-refractivity contribution < 1.29 is 13.2 Å². The first kappa shape index (κ1) is 13.8. The van der Waals surface area contributed by atoms with Crippen molar-refractivity contribution in [1.29, 1.82) is 0 Å². The van der Waals surface area contributed by atoms with Gasteiger partial charge in [-0.05, 0) is 38.5 Å². The Kier molecular flexibility index (Phi) is 3.43. The van der Waals surface area contributed by atoms with E-state index in [9.17, 15) is 8.42 Å². The smallest absolute Gasteiger partial charge is 0.152 e. The first-order chi connectivity index (χ1) is 8.91. The Bertz CT molecular complexity index is 442. The van der Waals surface area contributed by atoms with Gasteiger partial charge in [0.15, 0.2) is 9.84 Å². The lowest BCUT2D eigenvalue weighted by atomic mass is 9.83. The molecule has 2 unspecified atom stereocenters. The second-order valence-electron chi connectivity index (χ2n) is 6.93. The van der Waals surface area contributed by atoms with E-state index in [1.807, 2.05) is 0 Å². The van der Waals surface area contributed by atoms with E-state index in [0.717, 1.165) is 12.8 Å². The largest absolute Gasteiger partial charge is 0.372 e. The summed E-state index contributed by atoms with van der Waals surface area (Å²) in [5.74, 6) is 0.397. The van der Waals surface area contributed by atoms with Gasteiger partial charge >= 0.3 is 0 Å². The molecule has 2 atom stereocenters. The molecule has 1 aliphatic carbocycles. The van der Waals surface area contributed by atoms with Crippen LogP contribution >= 0.6 is 0 Å². The minimum absolute atomic E-state index is 0.108. The van der Waals surface area contributed by atoms with E-state index in [1.54, 1.807) is 0 Å². The van der Waals surface area contributed by atoms with Gasteiger partial charge < -0.3 is 10.5 Å². The molecule has 0 amide bonds. The lowest BCUT2D eigenvalue weighted by molar-refractivity contribution is -0.0702. The van der Waals surface area contributed by atoms with Crippen molar-refractivity contribution in [3.63, 3.8) is 0 Å². The Balaban J connectivity index is 1.60. The predicted octanol–water partition coefficient (Wildman–Crippen LogP) is 1.77. The first-order valence-corrected chi connectivity index (χ1v) is 9.40. The average molecular weight is 287 g/mol. The number of nitrogens with two attached hydrogens (primary N) is 1. The third-order valence-corrected chi connectivity index (χ3v) is 7.00. The molecule has 2 heterocycles. The summed E-state index contributed by atoms with van der Waals surface area (Å²) in [5, 5.41) is 0. The van der Waals surface area contributed by atoms with Crippen LogP contribution in [-0.2, 0) is 14.6 Å². The third-order valence-electron chi connectivity index (χ3n) is 5.16. The summed E-state index contributed by atoms with van der Waals surface area (Å²) in [6.45, 7) is 0. The molecule has 3 rings (SSSR count). The number of rotatable bonds is 2. The fourth-order valence-corrected chi connectivity index (χ4v) is 6.16. The standard InChI is InChI=1S/C14H25NO3S/c15-13(8-9-19(16,17)11-13)10-12-4-7-14(18-12)5-2-1-3-6-14/h12H,1-11,15H2. The van der Waals surface area contributed by atoms with Crippen LogP contribution in [0.5, 0.6) is 0 Å². The lowest BCUT2D eigenvalue weighted by Crippen LogP contribution is -2.44. The van der Waals surface area contributed by atoms with Gasteiger partial charge in [-0.15, -0.1) is 0 Å². The molecule has 2 N–H and O–H groups in total. The van der Waals surface area contributed by atoms with Gasteiger partial charge in [-0.3, -0.25) is 0 Å². The fourth-order valence-electron chi connectivity index (χ4n) is 4.16. The molecule has 0 radical (unpaired) electrons. The van der Waals surface area contributed by atoms with Crippen LogP contribution in [0.4, 0.5) is 0 Å². The highest BCUT2D eigenvalue weighted by atomic mass is 32.2. The predicted molar refractivity (Wildman–Crippen MR) is 74.7 cm³/mol. The summed E-state index contributed by atoms with van der Waals surface area (Å²) < 4.78 is 29.5. The summed E-state index contributed by atoms with van der Waals surface area (Å²) in [4.78, 5) is 0. The Morgan fingerprint density at radius 3 is 2.47 bits per heavy atom. The molecule has 5 heteroatoms. The first-order valence-electron chi connectivity index (χ1n) is 7.58. The molecule has 3 fully saturated rings. The zero-order valence-electron chi connectivity index (χ0n) is 11.6. The van der Waals surface area contributed by atoms with E-state index in [4.69, 9.17) is 10.5 Å². The molecule has 110 valence electrons. The molecule has 0 aromatic carbocycles. The topological polar surface area (TPSA) is 69.4 Å². The fraction of sp³-hybridized carbons (Fsp3) is 1.00. The van der Waals surface area contributed by atoms with Crippen LogP contribution < -0.4 is 5.73 Å².